The molecule has 0 aliphatic rings. The van der Waals surface area contributed by atoms with Crippen molar-refractivity contribution >= 4 is 5.97 Å². The third-order valence-electron chi connectivity index (χ3n) is 2.09. The number of rotatable bonds is 3. The van der Waals surface area contributed by atoms with Gasteiger partial charge in [-0.3, -0.25) is 4.79 Å². The van der Waals surface area contributed by atoms with Crippen LogP contribution in [0.3, 0.4) is 0 Å². The summed E-state index contributed by atoms with van der Waals surface area (Å²) < 4.78 is 0. The van der Waals surface area contributed by atoms with Crippen molar-refractivity contribution in [1.82, 2.24) is 0 Å². The molecule has 0 aliphatic carbocycles. The molecule has 2 nitrogen and oxygen atoms in total. The average Bonchev–Trinajstić information content (AvgIpc) is 2.25. The predicted octanol–water partition coefficient (Wildman–Crippen LogP) is 2.27. The highest BCUT2D eigenvalue weighted by molar-refractivity contribution is 5.69. The van der Waals surface area contributed by atoms with Gasteiger partial charge < -0.3 is 5.11 Å². The van der Waals surface area contributed by atoms with E-state index in [4.69, 9.17) is 5.11 Å². The maximum atomic E-state index is 10.2. The van der Waals surface area contributed by atoms with Crippen LogP contribution in [0.15, 0.2) is 24.3 Å². The lowest BCUT2D eigenvalue weighted by Gasteiger charge is -1.97. The van der Waals surface area contributed by atoms with Crippen molar-refractivity contribution in [2.45, 2.75) is 26.2 Å². The molecular weight excluding hydrogens is 188 g/mol. The van der Waals surface area contributed by atoms with Crippen molar-refractivity contribution in [3.8, 4) is 11.8 Å². The molecule has 0 atom stereocenters. The molecule has 78 valence electrons. The van der Waals surface area contributed by atoms with E-state index in [1.165, 1.54) is 5.56 Å². The quantitative estimate of drug-likeness (QED) is 0.763. The molecule has 0 aromatic heterocycles. The fourth-order valence-electron chi connectivity index (χ4n) is 1.20. The molecular formula is C13H14O2. The van der Waals surface area contributed by atoms with E-state index in [9.17, 15) is 4.79 Å². The van der Waals surface area contributed by atoms with Crippen molar-refractivity contribution in [2.75, 3.05) is 0 Å². The molecule has 0 aliphatic heterocycles. The fourth-order valence-corrected chi connectivity index (χ4v) is 1.20. The van der Waals surface area contributed by atoms with Gasteiger partial charge in [-0.1, -0.05) is 43.0 Å². The van der Waals surface area contributed by atoms with E-state index in [-0.39, 0.29) is 6.42 Å². The zero-order valence-electron chi connectivity index (χ0n) is 8.79. The van der Waals surface area contributed by atoms with Crippen LogP contribution in [0, 0.1) is 11.8 Å². The molecule has 0 saturated carbocycles. The Balaban J connectivity index is 2.49. The standard InChI is InChI=1S/C13H14O2/c1-2-11-7-9-12(10-8-11)5-3-4-6-13(14)15/h7-10H,2,5-6H2,1H3,(H,14,15). The monoisotopic (exact) mass is 202 g/mol. The summed E-state index contributed by atoms with van der Waals surface area (Å²) in [5.41, 5.74) is 2.43. The number of hydrogen-bond donors (Lipinski definition) is 1. The van der Waals surface area contributed by atoms with Gasteiger partial charge >= 0.3 is 5.97 Å². The van der Waals surface area contributed by atoms with E-state index in [0.29, 0.717) is 6.42 Å². The normalized spacial score (nSPS) is 9.13. The van der Waals surface area contributed by atoms with Crippen molar-refractivity contribution in [1.29, 1.82) is 0 Å². The molecule has 1 aromatic carbocycles. The lowest BCUT2D eigenvalue weighted by atomic mass is 10.1. The first-order chi connectivity index (χ1) is 7.22. The number of carbonyl (C=O) groups is 1. The van der Waals surface area contributed by atoms with Crippen LogP contribution in [-0.4, -0.2) is 11.1 Å². The topological polar surface area (TPSA) is 37.3 Å². The Hall–Kier alpha value is -1.75. The van der Waals surface area contributed by atoms with E-state index >= 15 is 0 Å². The van der Waals surface area contributed by atoms with Crippen LogP contribution in [0.5, 0.6) is 0 Å². The maximum absolute atomic E-state index is 10.2. The molecule has 0 fully saturated rings. The fraction of sp³-hybridized carbons (Fsp3) is 0.308. The summed E-state index contributed by atoms with van der Waals surface area (Å²) in [5, 5.41) is 8.38. The summed E-state index contributed by atoms with van der Waals surface area (Å²) in [5.74, 6) is 4.58. The van der Waals surface area contributed by atoms with Crippen molar-refractivity contribution in [3.63, 3.8) is 0 Å². The first kappa shape index (κ1) is 11.3. The van der Waals surface area contributed by atoms with Gasteiger partial charge in [-0.25, -0.2) is 0 Å². The van der Waals surface area contributed by atoms with Crippen LogP contribution in [0.25, 0.3) is 0 Å². The number of aliphatic carboxylic acids is 1. The van der Waals surface area contributed by atoms with E-state index in [2.05, 4.69) is 30.9 Å². The minimum atomic E-state index is -0.871. The molecule has 1 rings (SSSR count). The number of carboxylic acids is 1. The summed E-state index contributed by atoms with van der Waals surface area (Å²) in [6.45, 7) is 2.11. The minimum absolute atomic E-state index is 0.0763. The largest absolute Gasteiger partial charge is 0.481 e. The highest BCUT2D eigenvalue weighted by Gasteiger charge is 1.91. The van der Waals surface area contributed by atoms with Crippen molar-refractivity contribution < 1.29 is 9.90 Å². The number of hydrogen-bond acceptors (Lipinski definition) is 1. The first-order valence-electron chi connectivity index (χ1n) is 4.97. The average molecular weight is 202 g/mol. The van der Waals surface area contributed by atoms with Gasteiger partial charge in [-0.15, -0.1) is 0 Å². The number of aryl methyl sites for hydroxylation is 1. The molecule has 15 heavy (non-hydrogen) atoms. The maximum Gasteiger partial charge on any atom is 0.315 e. The summed E-state index contributed by atoms with van der Waals surface area (Å²) in [7, 11) is 0. The summed E-state index contributed by atoms with van der Waals surface area (Å²) in [6.07, 6.45) is 1.58. The van der Waals surface area contributed by atoms with E-state index < -0.39 is 5.97 Å². The van der Waals surface area contributed by atoms with Crippen LogP contribution >= 0.6 is 0 Å². The molecule has 0 saturated heterocycles. The van der Waals surface area contributed by atoms with Gasteiger partial charge in [0.25, 0.3) is 0 Å². The second-order valence-corrected chi connectivity index (χ2v) is 3.27. The smallest absolute Gasteiger partial charge is 0.315 e. The zero-order chi connectivity index (χ0) is 11.1. The molecule has 0 amide bonds. The molecule has 0 radical (unpaired) electrons. The van der Waals surface area contributed by atoms with Crippen molar-refractivity contribution in [2.24, 2.45) is 0 Å². The Morgan fingerprint density at radius 3 is 2.33 bits per heavy atom. The highest BCUT2D eigenvalue weighted by Crippen LogP contribution is 2.05. The lowest BCUT2D eigenvalue weighted by Crippen LogP contribution is -1.90. The van der Waals surface area contributed by atoms with Crippen LogP contribution in [0.4, 0.5) is 0 Å². The molecule has 2 heteroatoms. The van der Waals surface area contributed by atoms with E-state index in [0.717, 1.165) is 12.0 Å². The van der Waals surface area contributed by atoms with Crippen LogP contribution < -0.4 is 0 Å². The van der Waals surface area contributed by atoms with Crippen LogP contribution in [-0.2, 0) is 17.6 Å². The minimum Gasteiger partial charge on any atom is -0.481 e. The molecule has 1 N–H and O–H groups in total. The van der Waals surface area contributed by atoms with Crippen LogP contribution in [0.1, 0.15) is 24.5 Å². The van der Waals surface area contributed by atoms with Gasteiger partial charge in [-0.2, -0.15) is 0 Å². The number of carboxylic acid groups (broad SMARTS) is 1. The zero-order valence-corrected chi connectivity index (χ0v) is 8.79. The number of benzene rings is 1. The predicted molar refractivity (Wildman–Crippen MR) is 59.6 cm³/mol. The van der Waals surface area contributed by atoms with E-state index in [1.54, 1.807) is 0 Å². The Morgan fingerprint density at radius 2 is 1.80 bits per heavy atom. The summed E-state index contributed by atoms with van der Waals surface area (Å²) >= 11 is 0. The summed E-state index contributed by atoms with van der Waals surface area (Å²) in [4.78, 5) is 10.2. The molecule has 0 bridgehead atoms. The van der Waals surface area contributed by atoms with Gasteiger partial charge in [0.1, 0.15) is 6.42 Å². The van der Waals surface area contributed by atoms with Crippen molar-refractivity contribution in [3.05, 3.63) is 35.4 Å². The first-order valence-corrected chi connectivity index (χ1v) is 4.97. The van der Waals surface area contributed by atoms with Gasteiger partial charge in [0.15, 0.2) is 0 Å². The molecule has 1 aromatic rings. The lowest BCUT2D eigenvalue weighted by molar-refractivity contribution is -0.135. The Morgan fingerprint density at radius 1 is 1.20 bits per heavy atom. The Bertz CT molecular complexity index is 379. The molecule has 0 heterocycles. The molecule has 0 spiro atoms. The Kier molecular flexibility index (Phi) is 4.43. The third kappa shape index (κ3) is 4.33. The van der Waals surface area contributed by atoms with E-state index in [1.807, 2.05) is 12.1 Å². The highest BCUT2D eigenvalue weighted by atomic mass is 16.4. The SMILES string of the molecule is CCc1ccc(CC#CCC(=O)O)cc1. The van der Waals surface area contributed by atoms with Gasteiger partial charge in [0.05, 0.1) is 0 Å². The van der Waals surface area contributed by atoms with Gasteiger partial charge in [0, 0.05) is 6.42 Å². The van der Waals surface area contributed by atoms with Gasteiger partial charge in [-0.05, 0) is 17.5 Å². The summed E-state index contributed by atoms with van der Waals surface area (Å²) in [6, 6.07) is 8.23. The Labute approximate surface area is 89.9 Å². The molecule has 0 unspecified atom stereocenters. The second kappa shape index (κ2) is 5.87. The second-order valence-electron chi connectivity index (χ2n) is 3.27. The third-order valence-corrected chi connectivity index (χ3v) is 2.09. The van der Waals surface area contributed by atoms with Crippen LogP contribution in [0.2, 0.25) is 0 Å². The van der Waals surface area contributed by atoms with Gasteiger partial charge in [0.2, 0.25) is 0 Å².